The van der Waals surface area contributed by atoms with Crippen LogP contribution in [0.2, 0.25) is 0 Å². The quantitative estimate of drug-likeness (QED) is 0.869. The zero-order valence-electron chi connectivity index (χ0n) is 11.2. The van der Waals surface area contributed by atoms with Gasteiger partial charge in [0.05, 0.1) is 12.1 Å². The maximum atomic E-state index is 12.8. The number of halogens is 4. The Morgan fingerprint density at radius 3 is 2.32 bits per heavy atom. The van der Waals surface area contributed by atoms with Gasteiger partial charge in [-0.3, -0.25) is 4.79 Å². The summed E-state index contributed by atoms with van der Waals surface area (Å²) in [6.07, 6.45) is -4.95. The second kappa shape index (κ2) is 6.46. The minimum Gasteiger partial charge on any atom is -0.404 e. The van der Waals surface area contributed by atoms with Crippen LogP contribution in [-0.4, -0.2) is 12.3 Å². The normalized spacial score (nSPS) is 11.1. The first-order valence-electron chi connectivity index (χ1n) is 6.22. The molecule has 0 fully saturated rings. The number of hydrogen-bond donors (Lipinski definition) is 1. The predicted octanol–water partition coefficient (Wildman–Crippen LogP) is 3.91. The Morgan fingerprint density at radius 1 is 1.05 bits per heavy atom. The van der Waals surface area contributed by atoms with Crippen molar-refractivity contribution in [2.24, 2.45) is 0 Å². The number of carbonyl (C=O) groups excluding carboxylic acids is 1. The molecule has 0 atom stereocenters. The number of carbonyl (C=O) groups is 1. The standard InChI is InChI=1S/C15H11F4NO2/c16-11-7-5-10(6-8-11)9-14(21)20-12-3-1-2-4-13(12)22-15(17,18)19/h1-8H,9H2,(H,20,21). The Kier molecular flexibility index (Phi) is 4.65. The van der Waals surface area contributed by atoms with Crippen LogP contribution in [0.3, 0.4) is 0 Å². The summed E-state index contributed by atoms with van der Waals surface area (Å²) in [5.74, 6) is -1.47. The molecule has 0 unspecified atom stereocenters. The van der Waals surface area contributed by atoms with Crippen LogP contribution in [0, 0.1) is 5.82 Å². The lowest BCUT2D eigenvalue weighted by Gasteiger charge is -2.13. The molecule has 2 rings (SSSR count). The van der Waals surface area contributed by atoms with Crippen LogP contribution >= 0.6 is 0 Å². The second-order valence-corrected chi connectivity index (χ2v) is 4.40. The van der Waals surface area contributed by atoms with Gasteiger partial charge in [0.25, 0.3) is 0 Å². The Bertz CT molecular complexity index is 653. The van der Waals surface area contributed by atoms with Crippen molar-refractivity contribution in [2.45, 2.75) is 12.8 Å². The van der Waals surface area contributed by atoms with E-state index < -0.39 is 23.8 Å². The molecule has 2 aromatic carbocycles. The molecule has 2 aromatic rings. The van der Waals surface area contributed by atoms with Gasteiger partial charge >= 0.3 is 6.36 Å². The van der Waals surface area contributed by atoms with Crippen molar-refractivity contribution >= 4 is 11.6 Å². The number of hydrogen-bond acceptors (Lipinski definition) is 2. The highest BCUT2D eigenvalue weighted by Crippen LogP contribution is 2.29. The summed E-state index contributed by atoms with van der Waals surface area (Å²) >= 11 is 0. The summed E-state index contributed by atoms with van der Waals surface area (Å²) in [6.45, 7) is 0. The summed E-state index contributed by atoms with van der Waals surface area (Å²) in [5, 5.41) is 2.34. The minimum atomic E-state index is -4.85. The molecule has 0 aliphatic heterocycles. The average Bonchev–Trinajstić information content (AvgIpc) is 2.42. The van der Waals surface area contributed by atoms with E-state index in [2.05, 4.69) is 10.1 Å². The summed E-state index contributed by atoms with van der Waals surface area (Å²) in [5.41, 5.74) is 0.444. The topological polar surface area (TPSA) is 38.3 Å². The van der Waals surface area contributed by atoms with Crippen LogP contribution in [0.1, 0.15) is 5.56 Å². The van der Waals surface area contributed by atoms with Crippen molar-refractivity contribution in [1.82, 2.24) is 0 Å². The third kappa shape index (κ3) is 4.76. The van der Waals surface area contributed by atoms with E-state index in [1.807, 2.05) is 0 Å². The second-order valence-electron chi connectivity index (χ2n) is 4.40. The molecular formula is C15H11F4NO2. The number of nitrogens with one attached hydrogen (secondary N) is 1. The summed E-state index contributed by atoms with van der Waals surface area (Å²) in [6, 6.07) is 10.5. The van der Waals surface area contributed by atoms with Gasteiger partial charge in [-0.25, -0.2) is 4.39 Å². The maximum absolute atomic E-state index is 12.8. The monoisotopic (exact) mass is 313 g/mol. The van der Waals surface area contributed by atoms with Crippen molar-refractivity contribution < 1.29 is 27.1 Å². The first-order valence-corrected chi connectivity index (χ1v) is 6.22. The van der Waals surface area contributed by atoms with Gasteiger partial charge in [-0.1, -0.05) is 24.3 Å². The number of rotatable bonds is 4. The maximum Gasteiger partial charge on any atom is 0.573 e. The molecular weight excluding hydrogens is 302 g/mol. The zero-order chi connectivity index (χ0) is 16.2. The molecule has 0 saturated carbocycles. The van der Waals surface area contributed by atoms with Crippen molar-refractivity contribution in [3.05, 3.63) is 59.9 Å². The SMILES string of the molecule is O=C(Cc1ccc(F)cc1)Nc1ccccc1OC(F)(F)F. The van der Waals surface area contributed by atoms with Gasteiger partial charge in [0.2, 0.25) is 5.91 Å². The van der Waals surface area contributed by atoms with Crippen molar-refractivity contribution in [1.29, 1.82) is 0 Å². The molecule has 0 heterocycles. The lowest BCUT2D eigenvalue weighted by molar-refractivity contribution is -0.274. The minimum absolute atomic E-state index is 0.0908. The molecule has 3 nitrogen and oxygen atoms in total. The number of ether oxygens (including phenoxy) is 1. The van der Waals surface area contributed by atoms with Crippen LogP contribution < -0.4 is 10.1 Å². The third-order valence-corrected chi connectivity index (χ3v) is 2.66. The highest BCUT2D eigenvalue weighted by atomic mass is 19.4. The summed E-state index contributed by atoms with van der Waals surface area (Å²) in [7, 11) is 0. The molecule has 1 N–H and O–H groups in total. The first-order chi connectivity index (χ1) is 10.3. The van der Waals surface area contributed by atoms with E-state index >= 15 is 0 Å². The molecule has 0 aromatic heterocycles. The Hall–Kier alpha value is -2.57. The zero-order valence-corrected chi connectivity index (χ0v) is 11.2. The molecule has 7 heteroatoms. The molecule has 1 amide bonds. The van der Waals surface area contributed by atoms with E-state index in [4.69, 9.17) is 0 Å². The number of anilines is 1. The number of amides is 1. The molecule has 0 bridgehead atoms. The van der Waals surface area contributed by atoms with E-state index in [1.54, 1.807) is 0 Å². The van der Waals surface area contributed by atoms with Crippen LogP contribution in [-0.2, 0) is 11.2 Å². The van der Waals surface area contributed by atoms with Crippen LogP contribution in [0.15, 0.2) is 48.5 Å². The first kappa shape index (κ1) is 15.8. The molecule has 0 saturated heterocycles. The van der Waals surface area contributed by atoms with Crippen molar-refractivity contribution in [3.8, 4) is 5.75 Å². The van der Waals surface area contributed by atoms with E-state index in [1.165, 1.54) is 42.5 Å². The lowest BCUT2D eigenvalue weighted by Crippen LogP contribution is -2.20. The number of para-hydroxylation sites is 2. The van der Waals surface area contributed by atoms with Crippen molar-refractivity contribution in [3.63, 3.8) is 0 Å². The fraction of sp³-hybridized carbons (Fsp3) is 0.133. The Labute approximate surface area is 123 Å². The molecule has 0 aliphatic rings. The molecule has 0 aliphatic carbocycles. The van der Waals surface area contributed by atoms with Gasteiger partial charge in [0.1, 0.15) is 5.82 Å². The largest absolute Gasteiger partial charge is 0.573 e. The molecule has 0 radical (unpaired) electrons. The van der Waals surface area contributed by atoms with Crippen LogP contribution in [0.5, 0.6) is 5.75 Å². The molecule has 22 heavy (non-hydrogen) atoms. The van der Waals surface area contributed by atoms with Crippen molar-refractivity contribution in [2.75, 3.05) is 5.32 Å². The molecule has 116 valence electrons. The van der Waals surface area contributed by atoms with Gasteiger partial charge in [-0.15, -0.1) is 13.2 Å². The highest BCUT2D eigenvalue weighted by molar-refractivity contribution is 5.93. The van der Waals surface area contributed by atoms with Gasteiger partial charge in [-0.2, -0.15) is 0 Å². The lowest BCUT2D eigenvalue weighted by atomic mass is 10.1. The van der Waals surface area contributed by atoms with E-state index in [0.717, 1.165) is 6.07 Å². The summed E-state index contributed by atoms with van der Waals surface area (Å²) in [4.78, 5) is 11.8. The predicted molar refractivity (Wildman–Crippen MR) is 71.9 cm³/mol. The van der Waals surface area contributed by atoms with Gasteiger partial charge in [0, 0.05) is 0 Å². The third-order valence-electron chi connectivity index (χ3n) is 2.66. The van der Waals surface area contributed by atoms with E-state index in [0.29, 0.717) is 5.56 Å². The van der Waals surface area contributed by atoms with Gasteiger partial charge in [0.15, 0.2) is 5.75 Å². The fourth-order valence-electron chi connectivity index (χ4n) is 1.77. The smallest absolute Gasteiger partial charge is 0.404 e. The number of alkyl halides is 3. The van der Waals surface area contributed by atoms with Gasteiger partial charge in [-0.05, 0) is 29.8 Å². The average molecular weight is 313 g/mol. The molecule has 0 spiro atoms. The van der Waals surface area contributed by atoms with Gasteiger partial charge < -0.3 is 10.1 Å². The Morgan fingerprint density at radius 2 is 1.68 bits per heavy atom. The number of benzene rings is 2. The van der Waals surface area contributed by atoms with E-state index in [9.17, 15) is 22.4 Å². The van der Waals surface area contributed by atoms with Crippen LogP contribution in [0.4, 0.5) is 23.2 Å². The summed E-state index contributed by atoms with van der Waals surface area (Å²) < 4.78 is 53.4. The Balaban J connectivity index is 2.07. The fourth-order valence-corrected chi connectivity index (χ4v) is 1.77. The van der Waals surface area contributed by atoms with E-state index in [-0.39, 0.29) is 12.1 Å². The van der Waals surface area contributed by atoms with Crippen LogP contribution in [0.25, 0.3) is 0 Å². The highest BCUT2D eigenvalue weighted by Gasteiger charge is 2.32.